The van der Waals surface area contributed by atoms with E-state index in [1.807, 2.05) is 0 Å². The lowest BCUT2D eigenvalue weighted by Crippen LogP contribution is -2.13. The molecule has 0 radical (unpaired) electrons. The SMILES string of the molecule is COc1ccc(NC(=O)CCc2ccc(C(C)(C)C)cc2)cc1OC. The van der Waals surface area contributed by atoms with Crippen molar-refractivity contribution in [2.24, 2.45) is 0 Å². The molecule has 4 heteroatoms. The van der Waals surface area contributed by atoms with E-state index in [4.69, 9.17) is 9.47 Å². The number of hydrogen-bond donors (Lipinski definition) is 1. The van der Waals surface area contributed by atoms with Crippen LogP contribution in [-0.4, -0.2) is 20.1 Å². The van der Waals surface area contributed by atoms with Crippen molar-refractivity contribution in [3.63, 3.8) is 0 Å². The van der Waals surface area contributed by atoms with Gasteiger partial charge < -0.3 is 14.8 Å². The van der Waals surface area contributed by atoms with Crippen LogP contribution in [0.15, 0.2) is 42.5 Å². The monoisotopic (exact) mass is 341 g/mol. The van der Waals surface area contributed by atoms with Gasteiger partial charge in [-0.25, -0.2) is 0 Å². The summed E-state index contributed by atoms with van der Waals surface area (Å²) in [6.07, 6.45) is 1.15. The number of carbonyl (C=O) groups excluding carboxylic acids is 1. The van der Waals surface area contributed by atoms with E-state index >= 15 is 0 Å². The van der Waals surface area contributed by atoms with Gasteiger partial charge in [0.25, 0.3) is 0 Å². The minimum absolute atomic E-state index is 0.0212. The predicted octanol–water partition coefficient (Wildman–Crippen LogP) is 4.57. The lowest BCUT2D eigenvalue weighted by atomic mass is 9.86. The van der Waals surface area contributed by atoms with Crippen molar-refractivity contribution < 1.29 is 14.3 Å². The van der Waals surface area contributed by atoms with E-state index < -0.39 is 0 Å². The second-order valence-electron chi connectivity index (χ2n) is 7.06. The average molecular weight is 341 g/mol. The molecule has 0 aliphatic carbocycles. The first-order chi connectivity index (χ1) is 11.8. The van der Waals surface area contributed by atoms with Gasteiger partial charge in [-0.05, 0) is 35.1 Å². The fourth-order valence-corrected chi connectivity index (χ4v) is 2.57. The minimum Gasteiger partial charge on any atom is -0.493 e. The van der Waals surface area contributed by atoms with E-state index in [9.17, 15) is 4.79 Å². The normalized spacial score (nSPS) is 11.1. The maximum Gasteiger partial charge on any atom is 0.224 e. The fraction of sp³-hybridized carbons (Fsp3) is 0.381. The van der Waals surface area contributed by atoms with Crippen LogP contribution in [0.2, 0.25) is 0 Å². The van der Waals surface area contributed by atoms with Crippen LogP contribution in [0.4, 0.5) is 5.69 Å². The van der Waals surface area contributed by atoms with E-state index in [1.165, 1.54) is 5.56 Å². The van der Waals surface area contributed by atoms with Gasteiger partial charge >= 0.3 is 0 Å². The van der Waals surface area contributed by atoms with Crippen LogP contribution in [0.25, 0.3) is 0 Å². The standard InChI is InChI=1S/C21H27NO3/c1-21(2,3)16-9-6-15(7-10-16)8-13-20(23)22-17-11-12-18(24-4)19(14-17)25-5/h6-7,9-12,14H,8,13H2,1-5H3,(H,22,23). The van der Waals surface area contributed by atoms with Gasteiger partial charge in [0.15, 0.2) is 11.5 Å². The van der Waals surface area contributed by atoms with Gasteiger partial charge in [0.05, 0.1) is 14.2 Å². The van der Waals surface area contributed by atoms with E-state index in [0.717, 1.165) is 5.56 Å². The number of hydrogen-bond acceptors (Lipinski definition) is 3. The molecule has 1 amide bonds. The summed E-state index contributed by atoms with van der Waals surface area (Å²) >= 11 is 0. The Balaban J connectivity index is 1.92. The summed E-state index contributed by atoms with van der Waals surface area (Å²) in [5.41, 5.74) is 3.30. The molecule has 2 aromatic carbocycles. The van der Waals surface area contributed by atoms with Crippen LogP contribution < -0.4 is 14.8 Å². The zero-order valence-corrected chi connectivity index (χ0v) is 15.7. The number of amides is 1. The van der Waals surface area contributed by atoms with Gasteiger partial charge in [0, 0.05) is 18.2 Å². The van der Waals surface area contributed by atoms with Gasteiger partial charge in [-0.1, -0.05) is 45.0 Å². The summed E-state index contributed by atoms with van der Waals surface area (Å²) in [5.74, 6) is 1.21. The Labute approximate surface area is 150 Å². The highest BCUT2D eigenvalue weighted by atomic mass is 16.5. The molecule has 0 atom stereocenters. The quantitative estimate of drug-likeness (QED) is 0.837. The van der Waals surface area contributed by atoms with Crippen LogP contribution in [0, 0.1) is 0 Å². The lowest BCUT2D eigenvalue weighted by Gasteiger charge is -2.19. The van der Waals surface area contributed by atoms with Crippen molar-refractivity contribution in [3.05, 3.63) is 53.6 Å². The fourth-order valence-electron chi connectivity index (χ4n) is 2.57. The molecule has 134 valence electrons. The maximum atomic E-state index is 12.2. The number of methoxy groups -OCH3 is 2. The van der Waals surface area contributed by atoms with Crippen molar-refractivity contribution >= 4 is 11.6 Å². The molecule has 0 spiro atoms. The van der Waals surface area contributed by atoms with Crippen molar-refractivity contribution in [2.45, 2.75) is 39.0 Å². The van der Waals surface area contributed by atoms with Crippen LogP contribution >= 0.6 is 0 Å². The summed E-state index contributed by atoms with van der Waals surface area (Å²) < 4.78 is 10.4. The molecule has 0 heterocycles. The summed E-state index contributed by atoms with van der Waals surface area (Å²) in [7, 11) is 3.16. The van der Waals surface area contributed by atoms with Gasteiger partial charge in [0.2, 0.25) is 5.91 Å². The molecule has 2 rings (SSSR count). The van der Waals surface area contributed by atoms with Gasteiger partial charge in [-0.2, -0.15) is 0 Å². The highest BCUT2D eigenvalue weighted by Gasteiger charge is 2.13. The zero-order chi connectivity index (χ0) is 18.4. The zero-order valence-electron chi connectivity index (χ0n) is 15.7. The molecule has 0 aromatic heterocycles. The number of nitrogens with one attached hydrogen (secondary N) is 1. The summed E-state index contributed by atoms with van der Waals surface area (Å²) in [4.78, 5) is 12.2. The van der Waals surface area contributed by atoms with Crippen molar-refractivity contribution in [1.82, 2.24) is 0 Å². The summed E-state index contributed by atoms with van der Waals surface area (Å²) in [5, 5.41) is 2.90. The van der Waals surface area contributed by atoms with E-state index in [1.54, 1.807) is 32.4 Å². The predicted molar refractivity (Wildman–Crippen MR) is 102 cm³/mol. The molecule has 0 bridgehead atoms. The van der Waals surface area contributed by atoms with Crippen LogP contribution in [-0.2, 0) is 16.6 Å². The summed E-state index contributed by atoms with van der Waals surface area (Å²) in [6, 6.07) is 13.8. The molecule has 0 fully saturated rings. The Bertz CT molecular complexity index is 715. The third-order valence-corrected chi connectivity index (χ3v) is 4.13. The first-order valence-corrected chi connectivity index (χ1v) is 8.45. The molecule has 0 saturated heterocycles. The van der Waals surface area contributed by atoms with Crippen molar-refractivity contribution in [1.29, 1.82) is 0 Å². The number of aryl methyl sites for hydroxylation is 1. The van der Waals surface area contributed by atoms with Crippen molar-refractivity contribution in [3.8, 4) is 11.5 Å². The lowest BCUT2D eigenvalue weighted by molar-refractivity contribution is -0.116. The molecular formula is C21H27NO3. The Morgan fingerprint density at radius 1 is 0.960 bits per heavy atom. The second kappa shape index (κ2) is 8.06. The topological polar surface area (TPSA) is 47.6 Å². The van der Waals surface area contributed by atoms with Crippen LogP contribution in [0.1, 0.15) is 38.3 Å². The highest BCUT2D eigenvalue weighted by molar-refractivity contribution is 5.91. The van der Waals surface area contributed by atoms with Crippen LogP contribution in [0.5, 0.6) is 11.5 Å². The highest BCUT2D eigenvalue weighted by Crippen LogP contribution is 2.29. The first-order valence-electron chi connectivity index (χ1n) is 8.45. The molecule has 0 aliphatic heterocycles. The van der Waals surface area contributed by atoms with Crippen molar-refractivity contribution in [2.75, 3.05) is 19.5 Å². The molecule has 0 unspecified atom stereocenters. The number of rotatable bonds is 6. The molecule has 25 heavy (non-hydrogen) atoms. The molecule has 0 aliphatic rings. The first kappa shape index (κ1) is 18.8. The summed E-state index contributed by atoms with van der Waals surface area (Å²) in [6.45, 7) is 6.58. The van der Waals surface area contributed by atoms with Gasteiger partial charge in [-0.3, -0.25) is 4.79 Å². The van der Waals surface area contributed by atoms with Gasteiger partial charge in [0.1, 0.15) is 0 Å². The number of benzene rings is 2. The molecule has 4 nitrogen and oxygen atoms in total. The smallest absolute Gasteiger partial charge is 0.224 e. The Kier molecular flexibility index (Phi) is 6.07. The second-order valence-corrected chi connectivity index (χ2v) is 7.06. The van der Waals surface area contributed by atoms with Crippen LogP contribution in [0.3, 0.4) is 0 Å². The molecule has 0 saturated carbocycles. The Morgan fingerprint density at radius 2 is 1.60 bits per heavy atom. The third kappa shape index (κ3) is 5.24. The van der Waals surface area contributed by atoms with E-state index in [2.05, 4.69) is 50.4 Å². The van der Waals surface area contributed by atoms with E-state index in [0.29, 0.717) is 30.0 Å². The average Bonchev–Trinajstić information content (AvgIpc) is 2.59. The minimum atomic E-state index is -0.0212. The number of anilines is 1. The number of ether oxygens (including phenoxy) is 2. The molecule has 2 aromatic rings. The molecular weight excluding hydrogens is 314 g/mol. The Hall–Kier alpha value is -2.49. The largest absolute Gasteiger partial charge is 0.493 e. The third-order valence-electron chi connectivity index (χ3n) is 4.13. The van der Waals surface area contributed by atoms with Gasteiger partial charge in [-0.15, -0.1) is 0 Å². The number of carbonyl (C=O) groups is 1. The molecule has 1 N–H and O–H groups in total. The Morgan fingerprint density at radius 3 is 2.16 bits per heavy atom. The van der Waals surface area contributed by atoms with E-state index in [-0.39, 0.29) is 11.3 Å². The maximum absolute atomic E-state index is 12.2.